The first-order chi connectivity index (χ1) is 8.74. The van der Waals surface area contributed by atoms with Gasteiger partial charge in [0.2, 0.25) is 0 Å². The number of aryl methyl sites for hydroxylation is 1. The first-order valence-corrected chi connectivity index (χ1v) is 7.42. The number of likely N-dealkylation sites (N-methyl/N-ethyl adjacent to an activating group) is 1. The van der Waals surface area contributed by atoms with Crippen molar-refractivity contribution in [2.24, 2.45) is 0 Å². The van der Waals surface area contributed by atoms with Gasteiger partial charge < -0.3 is 9.88 Å². The number of rotatable bonds is 6. The molecular weight excluding hydrogens is 266 g/mol. The van der Waals surface area contributed by atoms with E-state index in [-0.39, 0.29) is 0 Å². The van der Waals surface area contributed by atoms with Gasteiger partial charge in [-0.15, -0.1) is 11.3 Å². The van der Waals surface area contributed by atoms with Gasteiger partial charge in [-0.05, 0) is 25.6 Å². The van der Waals surface area contributed by atoms with Crippen molar-refractivity contribution in [2.45, 2.75) is 32.9 Å². The Balaban J connectivity index is 2.16. The Kier molecular flexibility index (Phi) is 4.80. The number of aromatic nitrogens is 2. The van der Waals surface area contributed by atoms with Gasteiger partial charge >= 0.3 is 0 Å². The van der Waals surface area contributed by atoms with Crippen LogP contribution in [-0.2, 0) is 13.0 Å². The molecule has 0 aromatic carbocycles. The van der Waals surface area contributed by atoms with E-state index in [4.69, 9.17) is 11.6 Å². The lowest BCUT2D eigenvalue weighted by Crippen LogP contribution is -2.23. The van der Waals surface area contributed by atoms with Crippen LogP contribution in [0.5, 0.6) is 0 Å². The molecular formula is C13H18ClN3S. The topological polar surface area (TPSA) is 29.9 Å². The van der Waals surface area contributed by atoms with Gasteiger partial charge in [-0.1, -0.05) is 18.5 Å². The SMILES string of the molecule is CCNC(Cc1nccn1CC)c1ccc(Cl)s1. The minimum Gasteiger partial charge on any atom is -0.335 e. The van der Waals surface area contributed by atoms with E-state index in [0.717, 1.165) is 29.7 Å². The van der Waals surface area contributed by atoms with Crippen LogP contribution in [0, 0.1) is 0 Å². The molecule has 0 aliphatic heterocycles. The first-order valence-electron chi connectivity index (χ1n) is 6.23. The standard InChI is InChI=1S/C13H18ClN3S/c1-3-15-10(11-5-6-12(14)18-11)9-13-16-7-8-17(13)4-2/h5-8,10,15H,3-4,9H2,1-2H3. The molecule has 2 rings (SSSR count). The zero-order valence-corrected chi connectivity index (χ0v) is 12.3. The van der Waals surface area contributed by atoms with Crippen LogP contribution in [0.2, 0.25) is 4.34 Å². The lowest BCUT2D eigenvalue weighted by Gasteiger charge is -2.16. The van der Waals surface area contributed by atoms with E-state index in [9.17, 15) is 0 Å². The molecule has 0 radical (unpaired) electrons. The van der Waals surface area contributed by atoms with Gasteiger partial charge in [0.1, 0.15) is 5.82 Å². The van der Waals surface area contributed by atoms with Crippen LogP contribution in [0.1, 0.15) is 30.6 Å². The monoisotopic (exact) mass is 283 g/mol. The molecule has 2 aromatic heterocycles. The molecule has 0 saturated heterocycles. The molecule has 2 heterocycles. The van der Waals surface area contributed by atoms with Crippen molar-refractivity contribution in [2.75, 3.05) is 6.54 Å². The minimum absolute atomic E-state index is 0.292. The molecule has 2 aromatic rings. The van der Waals surface area contributed by atoms with Crippen LogP contribution in [0.3, 0.4) is 0 Å². The summed E-state index contributed by atoms with van der Waals surface area (Å²) in [4.78, 5) is 5.71. The lowest BCUT2D eigenvalue weighted by molar-refractivity contribution is 0.529. The zero-order valence-electron chi connectivity index (χ0n) is 10.7. The van der Waals surface area contributed by atoms with Crippen molar-refractivity contribution in [3.63, 3.8) is 0 Å². The Bertz CT molecular complexity index is 492. The van der Waals surface area contributed by atoms with Crippen molar-refractivity contribution in [1.82, 2.24) is 14.9 Å². The van der Waals surface area contributed by atoms with Crippen LogP contribution < -0.4 is 5.32 Å². The highest BCUT2D eigenvalue weighted by atomic mass is 35.5. The molecule has 0 spiro atoms. The van der Waals surface area contributed by atoms with Gasteiger partial charge in [-0.3, -0.25) is 0 Å². The number of imidazole rings is 1. The van der Waals surface area contributed by atoms with E-state index < -0.39 is 0 Å². The summed E-state index contributed by atoms with van der Waals surface area (Å²) in [5.41, 5.74) is 0. The second-order valence-corrected chi connectivity index (χ2v) is 5.83. The molecule has 0 fully saturated rings. The van der Waals surface area contributed by atoms with Crippen molar-refractivity contribution in [3.05, 3.63) is 39.6 Å². The second kappa shape index (κ2) is 6.36. The van der Waals surface area contributed by atoms with E-state index in [1.807, 2.05) is 18.5 Å². The van der Waals surface area contributed by atoms with Crippen LogP contribution in [0.25, 0.3) is 0 Å². The zero-order chi connectivity index (χ0) is 13.0. The maximum atomic E-state index is 6.01. The molecule has 18 heavy (non-hydrogen) atoms. The molecule has 0 aliphatic carbocycles. The summed E-state index contributed by atoms with van der Waals surface area (Å²) in [7, 11) is 0. The van der Waals surface area contributed by atoms with E-state index in [1.54, 1.807) is 11.3 Å². The summed E-state index contributed by atoms with van der Waals surface area (Å²) in [6, 6.07) is 4.35. The number of nitrogens with one attached hydrogen (secondary N) is 1. The molecule has 5 heteroatoms. The first kappa shape index (κ1) is 13.6. The van der Waals surface area contributed by atoms with Crippen molar-refractivity contribution in [1.29, 1.82) is 0 Å². The predicted octanol–water partition coefficient (Wildman–Crippen LogP) is 3.51. The Morgan fingerprint density at radius 3 is 2.89 bits per heavy atom. The summed E-state index contributed by atoms with van der Waals surface area (Å²) in [6.45, 7) is 6.15. The number of hydrogen-bond donors (Lipinski definition) is 1. The summed E-state index contributed by atoms with van der Waals surface area (Å²) < 4.78 is 3.02. The highest BCUT2D eigenvalue weighted by Gasteiger charge is 2.15. The summed E-state index contributed by atoms with van der Waals surface area (Å²) in [6.07, 6.45) is 4.79. The largest absolute Gasteiger partial charge is 0.335 e. The van der Waals surface area contributed by atoms with E-state index in [2.05, 4.69) is 34.8 Å². The average Bonchev–Trinajstić information content (AvgIpc) is 2.97. The number of nitrogens with zero attached hydrogens (tertiary/aromatic N) is 2. The molecule has 98 valence electrons. The molecule has 3 nitrogen and oxygen atoms in total. The molecule has 0 amide bonds. The average molecular weight is 284 g/mol. The Morgan fingerprint density at radius 2 is 2.28 bits per heavy atom. The van der Waals surface area contributed by atoms with Gasteiger partial charge in [-0.25, -0.2) is 4.98 Å². The molecule has 1 atom stereocenters. The normalized spacial score (nSPS) is 12.8. The lowest BCUT2D eigenvalue weighted by atomic mass is 10.1. The Labute approximate surface area is 117 Å². The predicted molar refractivity (Wildman–Crippen MR) is 77.4 cm³/mol. The Morgan fingerprint density at radius 1 is 1.44 bits per heavy atom. The van der Waals surface area contributed by atoms with E-state index in [0.29, 0.717) is 6.04 Å². The third-order valence-electron chi connectivity index (χ3n) is 2.92. The fourth-order valence-corrected chi connectivity index (χ4v) is 3.17. The van der Waals surface area contributed by atoms with Crippen LogP contribution in [-0.4, -0.2) is 16.1 Å². The smallest absolute Gasteiger partial charge is 0.110 e. The quantitative estimate of drug-likeness (QED) is 0.879. The van der Waals surface area contributed by atoms with Gasteiger partial charge in [0.05, 0.1) is 4.34 Å². The third-order valence-corrected chi connectivity index (χ3v) is 4.26. The molecule has 0 saturated carbocycles. The van der Waals surface area contributed by atoms with Crippen LogP contribution >= 0.6 is 22.9 Å². The van der Waals surface area contributed by atoms with Gasteiger partial charge in [0.15, 0.2) is 0 Å². The van der Waals surface area contributed by atoms with Gasteiger partial charge in [0, 0.05) is 36.3 Å². The highest BCUT2D eigenvalue weighted by Crippen LogP contribution is 2.28. The summed E-state index contributed by atoms with van der Waals surface area (Å²) in [5, 5.41) is 3.50. The maximum Gasteiger partial charge on any atom is 0.110 e. The number of hydrogen-bond acceptors (Lipinski definition) is 3. The van der Waals surface area contributed by atoms with Gasteiger partial charge in [0.25, 0.3) is 0 Å². The fraction of sp³-hybridized carbons (Fsp3) is 0.462. The third kappa shape index (κ3) is 3.13. The van der Waals surface area contributed by atoms with Crippen molar-refractivity contribution in [3.8, 4) is 0 Å². The number of halogens is 1. The summed E-state index contributed by atoms with van der Waals surface area (Å²) in [5.74, 6) is 1.12. The van der Waals surface area contributed by atoms with Crippen LogP contribution in [0.15, 0.2) is 24.5 Å². The fourth-order valence-electron chi connectivity index (χ4n) is 2.04. The van der Waals surface area contributed by atoms with E-state index >= 15 is 0 Å². The van der Waals surface area contributed by atoms with Gasteiger partial charge in [-0.2, -0.15) is 0 Å². The van der Waals surface area contributed by atoms with E-state index in [1.165, 1.54) is 4.88 Å². The Hall–Kier alpha value is -0.840. The van der Waals surface area contributed by atoms with Crippen molar-refractivity contribution >= 4 is 22.9 Å². The molecule has 1 unspecified atom stereocenters. The van der Waals surface area contributed by atoms with Crippen molar-refractivity contribution < 1.29 is 0 Å². The molecule has 0 bridgehead atoms. The molecule has 1 N–H and O–H groups in total. The van der Waals surface area contributed by atoms with Crippen LogP contribution in [0.4, 0.5) is 0 Å². The second-order valence-electron chi connectivity index (χ2n) is 4.09. The summed E-state index contributed by atoms with van der Waals surface area (Å²) >= 11 is 7.65. The minimum atomic E-state index is 0.292. The maximum absolute atomic E-state index is 6.01. The highest BCUT2D eigenvalue weighted by molar-refractivity contribution is 7.16. The molecule has 0 aliphatic rings. The number of thiophene rings is 1.